The first kappa shape index (κ1) is 29.1. The highest BCUT2D eigenvalue weighted by atomic mass is 32.1. The lowest BCUT2D eigenvalue weighted by atomic mass is 9.95. The van der Waals surface area contributed by atoms with Crippen molar-refractivity contribution in [1.82, 2.24) is 25.2 Å². The smallest absolute Gasteiger partial charge is 0.417 e. The van der Waals surface area contributed by atoms with Crippen LogP contribution in [-0.2, 0) is 6.18 Å². The van der Waals surface area contributed by atoms with Gasteiger partial charge in [-0.2, -0.15) is 23.1 Å². The number of benzene rings is 2. The molecule has 4 aromatic rings. The molecule has 4 aliphatic heterocycles. The minimum absolute atomic E-state index is 0.0528. The van der Waals surface area contributed by atoms with Crippen molar-refractivity contribution in [3.8, 4) is 23.0 Å². The topological polar surface area (TPSA) is 98.4 Å². The average molecular weight is 647 g/mol. The number of alkyl halides is 3. The lowest BCUT2D eigenvalue weighted by Crippen LogP contribution is -2.43. The van der Waals surface area contributed by atoms with Crippen LogP contribution >= 0.6 is 11.3 Å². The molecule has 0 spiro atoms. The molecule has 238 valence electrons. The SMILES string of the molecule is Nc1nc2c(-c3c(C(F)(F)F)cc4c(OC5C[C@H]6CC[C@@H](C5)N6)nc(OCC56CCCN5CCC6)nc4c3F)ccc(F)c2s1. The molecule has 4 aliphatic rings. The van der Waals surface area contributed by atoms with Gasteiger partial charge in [0.1, 0.15) is 24.0 Å². The molecule has 3 atom stereocenters. The van der Waals surface area contributed by atoms with E-state index in [9.17, 15) is 17.6 Å². The fraction of sp³-hybridized carbons (Fsp3) is 0.516. The van der Waals surface area contributed by atoms with Gasteiger partial charge in [0, 0.05) is 23.2 Å². The number of anilines is 1. The number of nitrogen functional groups attached to an aromatic ring is 1. The quantitative estimate of drug-likeness (QED) is 0.231. The fourth-order valence-corrected chi connectivity index (χ4v) is 8.70. The summed E-state index contributed by atoms with van der Waals surface area (Å²) >= 11 is 0.779. The fourth-order valence-electron chi connectivity index (χ4n) is 7.93. The van der Waals surface area contributed by atoms with E-state index in [4.69, 9.17) is 15.2 Å². The molecule has 2 aromatic heterocycles. The molecular weight excluding hydrogens is 615 g/mol. The highest BCUT2D eigenvalue weighted by Crippen LogP contribution is 2.46. The molecule has 1 unspecified atom stereocenters. The number of nitrogens with zero attached hydrogens (tertiary/aromatic N) is 4. The maximum absolute atomic E-state index is 16.7. The number of piperidine rings is 1. The molecule has 8 nitrogen and oxygen atoms in total. The van der Waals surface area contributed by atoms with E-state index in [0.29, 0.717) is 12.8 Å². The summed E-state index contributed by atoms with van der Waals surface area (Å²) in [6.45, 7) is 2.22. The number of fused-ring (bicyclic) bond motifs is 5. The molecule has 0 aliphatic carbocycles. The standard InChI is InChI=1S/C31H31F5N6O2S/c32-21-6-5-18(25-26(21)45-28(37)39-25)22-20(31(34,35)36)13-19-24(23(22)33)40-29(43-14-30-7-1-9-42(30)10-2-8-30)41-27(19)44-17-11-15-3-4-16(12-17)38-15/h5-6,13,15-17,38H,1-4,7-12,14H2,(H2,37,39)/t15-,16+,17?. The predicted octanol–water partition coefficient (Wildman–Crippen LogP) is 6.45. The maximum Gasteiger partial charge on any atom is 0.417 e. The average Bonchev–Trinajstić information content (AvgIpc) is 3.76. The van der Waals surface area contributed by atoms with Gasteiger partial charge in [-0.3, -0.25) is 4.90 Å². The number of halogens is 5. The molecule has 8 rings (SSSR count). The Balaban J connectivity index is 1.29. The Hall–Kier alpha value is -3.36. The van der Waals surface area contributed by atoms with Crippen LogP contribution in [0.5, 0.6) is 11.9 Å². The summed E-state index contributed by atoms with van der Waals surface area (Å²) in [5.74, 6) is -2.11. The third-order valence-electron chi connectivity index (χ3n) is 9.95. The number of aromatic nitrogens is 3. The van der Waals surface area contributed by atoms with Gasteiger partial charge in [0.15, 0.2) is 10.9 Å². The van der Waals surface area contributed by atoms with E-state index in [1.165, 1.54) is 0 Å². The first-order chi connectivity index (χ1) is 21.6. The Morgan fingerprint density at radius 1 is 1.02 bits per heavy atom. The van der Waals surface area contributed by atoms with Crippen molar-refractivity contribution in [3.63, 3.8) is 0 Å². The van der Waals surface area contributed by atoms with Crippen molar-refractivity contribution in [2.24, 2.45) is 0 Å². The van der Waals surface area contributed by atoms with Crippen molar-refractivity contribution < 1.29 is 31.4 Å². The summed E-state index contributed by atoms with van der Waals surface area (Å²) in [6.07, 6.45) is 1.97. The van der Waals surface area contributed by atoms with Crippen LogP contribution in [0.4, 0.5) is 27.1 Å². The van der Waals surface area contributed by atoms with Gasteiger partial charge in [0.25, 0.3) is 0 Å². The molecule has 4 saturated heterocycles. The third kappa shape index (κ3) is 4.96. The van der Waals surface area contributed by atoms with Crippen LogP contribution < -0.4 is 20.5 Å². The van der Waals surface area contributed by atoms with Crippen LogP contribution in [0.15, 0.2) is 18.2 Å². The molecule has 4 fully saturated rings. The summed E-state index contributed by atoms with van der Waals surface area (Å²) in [5.41, 5.74) is 2.79. The second kappa shape index (κ2) is 10.6. The van der Waals surface area contributed by atoms with Gasteiger partial charge < -0.3 is 20.5 Å². The number of ether oxygens (including phenoxy) is 2. The Kier molecular flexibility index (Phi) is 6.84. The van der Waals surface area contributed by atoms with Crippen LogP contribution in [0.1, 0.15) is 56.9 Å². The number of hydrogen-bond acceptors (Lipinski definition) is 9. The van der Waals surface area contributed by atoms with E-state index in [1.54, 1.807) is 0 Å². The highest BCUT2D eigenvalue weighted by molar-refractivity contribution is 7.22. The van der Waals surface area contributed by atoms with E-state index in [1.807, 2.05) is 0 Å². The van der Waals surface area contributed by atoms with Gasteiger partial charge in [0.2, 0.25) is 5.88 Å². The maximum atomic E-state index is 16.7. The first-order valence-electron chi connectivity index (χ1n) is 15.3. The van der Waals surface area contributed by atoms with Crippen LogP contribution in [0.3, 0.4) is 0 Å². The highest BCUT2D eigenvalue weighted by Gasteiger charge is 2.45. The van der Waals surface area contributed by atoms with Gasteiger partial charge in [-0.1, -0.05) is 11.3 Å². The Labute approximate surface area is 259 Å². The number of hydrogen-bond donors (Lipinski definition) is 2. The van der Waals surface area contributed by atoms with Gasteiger partial charge in [0.05, 0.1) is 26.7 Å². The number of rotatable bonds is 6. The van der Waals surface area contributed by atoms with E-state index in [0.717, 1.165) is 81.2 Å². The second-order valence-electron chi connectivity index (χ2n) is 12.7. The predicted molar refractivity (Wildman–Crippen MR) is 159 cm³/mol. The van der Waals surface area contributed by atoms with Gasteiger partial charge in [-0.25, -0.2) is 13.8 Å². The molecule has 0 radical (unpaired) electrons. The zero-order valence-corrected chi connectivity index (χ0v) is 25.0. The van der Waals surface area contributed by atoms with Crippen molar-refractivity contribution in [1.29, 1.82) is 0 Å². The number of thiazole rings is 1. The number of nitrogens with one attached hydrogen (secondary N) is 1. The van der Waals surface area contributed by atoms with Crippen LogP contribution in [0, 0.1) is 11.6 Å². The lowest BCUT2D eigenvalue weighted by Gasteiger charge is -2.31. The van der Waals surface area contributed by atoms with Gasteiger partial charge in [-0.05, 0) is 82.7 Å². The van der Waals surface area contributed by atoms with E-state index in [2.05, 4.69) is 25.2 Å². The van der Waals surface area contributed by atoms with Crippen LogP contribution in [-0.4, -0.2) is 63.3 Å². The summed E-state index contributed by atoms with van der Waals surface area (Å²) in [5, 5.41) is 3.26. The first-order valence-corrected chi connectivity index (χ1v) is 16.2. The number of nitrogens with two attached hydrogens (primary N) is 1. The minimum Gasteiger partial charge on any atom is -0.474 e. The summed E-state index contributed by atoms with van der Waals surface area (Å²) in [4.78, 5) is 15.3. The normalized spacial score (nSPS) is 24.5. The Morgan fingerprint density at radius 3 is 2.47 bits per heavy atom. The van der Waals surface area contributed by atoms with Crippen LogP contribution in [0.2, 0.25) is 0 Å². The Morgan fingerprint density at radius 2 is 1.76 bits per heavy atom. The molecule has 2 bridgehead atoms. The monoisotopic (exact) mass is 646 g/mol. The summed E-state index contributed by atoms with van der Waals surface area (Å²) in [7, 11) is 0. The van der Waals surface area contributed by atoms with Crippen LogP contribution in [0.25, 0.3) is 32.2 Å². The van der Waals surface area contributed by atoms with Gasteiger partial charge in [-0.15, -0.1) is 0 Å². The second-order valence-corrected chi connectivity index (χ2v) is 13.7. The molecule has 2 aromatic carbocycles. The van der Waals surface area contributed by atoms with Crippen molar-refractivity contribution in [2.45, 2.75) is 81.3 Å². The molecule has 0 saturated carbocycles. The molecule has 0 amide bonds. The molecule has 45 heavy (non-hydrogen) atoms. The zero-order chi connectivity index (χ0) is 31.1. The van der Waals surface area contributed by atoms with E-state index in [-0.39, 0.29) is 74.0 Å². The third-order valence-corrected chi connectivity index (χ3v) is 10.8. The van der Waals surface area contributed by atoms with Crippen molar-refractivity contribution in [3.05, 3.63) is 35.4 Å². The summed E-state index contributed by atoms with van der Waals surface area (Å²) in [6, 6.07) is 3.23. The van der Waals surface area contributed by atoms with Crippen molar-refractivity contribution >= 4 is 37.6 Å². The van der Waals surface area contributed by atoms with E-state index >= 15 is 4.39 Å². The molecule has 3 N–H and O–H groups in total. The summed E-state index contributed by atoms with van der Waals surface area (Å²) < 4.78 is 87.9. The molecule has 14 heteroatoms. The largest absolute Gasteiger partial charge is 0.474 e. The Bertz CT molecular complexity index is 1790. The van der Waals surface area contributed by atoms with E-state index < -0.39 is 28.9 Å². The molecular formula is C31H31F5N6O2S. The van der Waals surface area contributed by atoms with Gasteiger partial charge >= 0.3 is 12.2 Å². The lowest BCUT2D eigenvalue weighted by molar-refractivity contribution is -0.137. The molecule has 6 heterocycles. The van der Waals surface area contributed by atoms with Crippen molar-refractivity contribution in [2.75, 3.05) is 25.4 Å². The zero-order valence-electron chi connectivity index (χ0n) is 24.2. The minimum atomic E-state index is -4.99.